The number of nitrogens with one attached hydrogen (secondary N) is 1. The summed E-state index contributed by atoms with van der Waals surface area (Å²) in [6.07, 6.45) is 3.76. The predicted octanol–water partition coefficient (Wildman–Crippen LogP) is 2.72. The number of anilines is 1. The lowest BCUT2D eigenvalue weighted by Crippen LogP contribution is -2.42. The van der Waals surface area contributed by atoms with E-state index in [0.29, 0.717) is 6.54 Å². The van der Waals surface area contributed by atoms with Gasteiger partial charge in [-0.1, -0.05) is 0 Å². The third-order valence-electron chi connectivity index (χ3n) is 4.40. The molecule has 0 unspecified atom stereocenters. The van der Waals surface area contributed by atoms with E-state index >= 15 is 0 Å². The molecular formula is C17H23N5O2. The minimum atomic E-state index is -0.0765. The van der Waals surface area contributed by atoms with Crippen LogP contribution >= 0.6 is 0 Å². The van der Waals surface area contributed by atoms with Gasteiger partial charge in [-0.3, -0.25) is 0 Å². The second kappa shape index (κ2) is 7.33. The van der Waals surface area contributed by atoms with Gasteiger partial charge in [-0.15, -0.1) is 10.2 Å². The third kappa shape index (κ3) is 3.50. The standard InChI is InChI=1S/C17H23N5O2/c1-3-21-12-18-20-16(21)13-5-4-10-22(11-13)17(23)19-14-6-8-15(24-2)9-7-14/h6-9,12-13H,3-5,10-11H2,1-2H3,(H,19,23)/t13-/m0/s1. The zero-order valence-corrected chi connectivity index (χ0v) is 14.1. The van der Waals surface area contributed by atoms with Gasteiger partial charge < -0.3 is 19.5 Å². The van der Waals surface area contributed by atoms with Gasteiger partial charge in [-0.25, -0.2) is 4.79 Å². The number of methoxy groups -OCH3 is 1. The van der Waals surface area contributed by atoms with Crippen molar-refractivity contribution >= 4 is 11.7 Å². The highest BCUT2D eigenvalue weighted by Gasteiger charge is 2.27. The van der Waals surface area contributed by atoms with Crippen molar-refractivity contribution in [3.63, 3.8) is 0 Å². The largest absolute Gasteiger partial charge is 0.497 e. The van der Waals surface area contributed by atoms with Crippen LogP contribution in [0.2, 0.25) is 0 Å². The number of benzene rings is 1. The Balaban J connectivity index is 1.64. The number of hydrogen-bond acceptors (Lipinski definition) is 4. The molecule has 0 saturated carbocycles. The second-order valence-corrected chi connectivity index (χ2v) is 5.92. The van der Waals surface area contributed by atoms with Crippen LogP contribution < -0.4 is 10.1 Å². The number of urea groups is 1. The fourth-order valence-corrected chi connectivity index (χ4v) is 3.07. The van der Waals surface area contributed by atoms with Crippen molar-refractivity contribution < 1.29 is 9.53 Å². The zero-order valence-electron chi connectivity index (χ0n) is 14.1. The monoisotopic (exact) mass is 329 g/mol. The number of aryl methyl sites for hydroxylation is 1. The van der Waals surface area contributed by atoms with Gasteiger partial charge in [0.25, 0.3) is 0 Å². The van der Waals surface area contributed by atoms with Crippen LogP contribution in [-0.4, -0.2) is 45.9 Å². The number of carbonyl (C=O) groups excluding carboxylic acids is 1. The van der Waals surface area contributed by atoms with Crippen LogP contribution in [0.25, 0.3) is 0 Å². The molecule has 3 rings (SSSR count). The minimum Gasteiger partial charge on any atom is -0.497 e. The van der Waals surface area contributed by atoms with Gasteiger partial charge in [0.1, 0.15) is 17.9 Å². The molecular weight excluding hydrogens is 306 g/mol. The molecule has 1 aromatic carbocycles. The average molecular weight is 329 g/mol. The van der Waals surface area contributed by atoms with Crippen LogP contribution in [0, 0.1) is 0 Å². The smallest absolute Gasteiger partial charge is 0.321 e. The van der Waals surface area contributed by atoms with Crippen molar-refractivity contribution in [2.45, 2.75) is 32.2 Å². The normalized spacial score (nSPS) is 17.6. The molecule has 0 radical (unpaired) electrons. The van der Waals surface area contributed by atoms with Crippen LogP contribution in [0.5, 0.6) is 5.75 Å². The van der Waals surface area contributed by atoms with Crippen molar-refractivity contribution in [2.75, 3.05) is 25.5 Å². The number of likely N-dealkylation sites (tertiary alicyclic amines) is 1. The highest BCUT2D eigenvalue weighted by Crippen LogP contribution is 2.26. The Bertz CT molecular complexity index is 683. The molecule has 7 heteroatoms. The van der Waals surface area contributed by atoms with Crippen molar-refractivity contribution in [3.8, 4) is 5.75 Å². The summed E-state index contributed by atoms with van der Waals surface area (Å²) in [6, 6.07) is 7.27. The molecule has 2 amide bonds. The van der Waals surface area contributed by atoms with E-state index in [2.05, 4.69) is 27.0 Å². The molecule has 24 heavy (non-hydrogen) atoms. The first-order valence-electron chi connectivity index (χ1n) is 8.29. The summed E-state index contributed by atoms with van der Waals surface area (Å²) in [6.45, 7) is 4.35. The lowest BCUT2D eigenvalue weighted by atomic mass is 9.97. The van der Waals surface area contributed by atoms with Crippen LogP contribution in [0.3, 0.4) is 0 Å². The van der Waals surface area contributed by atoms with Gasteiger partial charge in [-0.2, -0.15) is 0 Å². The summed E-state index contributed by atoms with van der Waals surface area (Å²) in [5.41, 5.74) is 0.764. The number of aromatic nitrogens is 3. The first-order valence-corrected chi connectivity index (χ1v) is 8.29. The van der Waals surface area contributed by atoms with Crippen molar-refractivity contribution in [1.29, 1.82) is 0 Å². The molecule has 7 nitrogen and oxygen atoms in total. The second-order valence-electron chi connectivity index (χ2n) is 5.92. The highest BCUT2D eigenvalue weighted by atomic mass is 16.5. The molecule has 2 aromatic rings. The molecule has 1 fully saturated rings. The molecule has 1 aromatic heterocycles. The number of carbonyl (C=O) groups is 1. The lowest BCUT2D eigenvalue weighted by Gasteiger charge is -2.32. The number of amides is 2. The van der Waals surface area contributed by atoms with E-state index in [1.54, 1.807) is 13.4 Å². The molecule has 1 aliphatic heterocycles. The topological polar surface area (TPSA) is 72.3 Å². The maximum atomic E-state index is 12.5. The van der Waals surface area contributed by atoms with Crippen LogP contribution in [0.1, 0.15) is 31.5 Å². The Kier molecular flexibility index (Phi) is 4.98. The van der Waals surface area contributed by atoms with Gasteiger partial charge in [0.15, 0.2) is 0 Å². The molecule has 128 valence electrons. The first kappa shape index (κ1) is 16.3. The molecule has 1 aliphatic rings. The first-order chi connectivity index (χ1) is 11.7. The van der Waals surface area contributed by atoms with Crippen molar-refractivity contribution in [1.82, 2.24) is 19.7 Å². The maximum Gasteiger partial charge on any atom is 0.321 e. The molecule has 0 aliphatic carbocycles. The van der Waals surface area contributed by atoms with Crippen LogP contribution in [0.15, 0.2) is 30.6 Å². The van der Waals surface area contributed by atoms with E-state index in [1.165, 1.54) is 0 Å². The summed E-state index contributed by atoms with van der Waals surface area (Å²) in [4.78, 5) is 14.4. The maximum absolute atomic E-state index is 12.5. The fraction of sp³-hybridized carbons (Fsp3) is 0.471. The van der Waals surface area contributed by atoms with E-state index in [0.717, 1.165) is 43.2 Å². The molecule has 1 N–H and O–H groups in total. The zero-order chi connectivity index (χ0) is 16.9. The Morgan fingerprint density at radius 2 is 2.17 bits per heavy atom. The number of nitrogens with zero attached hydrogens (tertiary/aromatic N) is 4. The number of rotatable bonds is 4. The van der Waals surface area contributed by atoms with Gasteiger partial charge in [0, 0.05) is 31.2 Å². The van der Waals surface area contributed by atoms with E-state index in [9.17, 15) is 4.79 Å². The minimum absolute atomic E-state index is 0.0765. The van der Waals surface area contributed by atoms with E-state index in [-0.39, 0.29) is 11.9 Å². The van der Waals surface area contributed by atoms with Crippen molar-refractivity contribution in [2.24, 2.45) is 0 Å². The van der Waals surface area contributed by atoms with E-state index < -0.39 is 0 Å². The fourth-order valence-electron chi connectivity index (χ4n) is 3.07. The van der Waals surface area contributed by atoms with Gasteiger partial charge >= 0.3 is 6.03 Å². The van der Waals surface area contributed by atoms with E-state index in [4.69, 9.17) is 4.74 Å². The SMILES string of the molecule is CCn1cnnc1[C@H]1CCCN(C(=O)Nc2ccc(OC)cc2)C1. The number of piperidine rings is 1. The summed E-state index contributed by atoms with van der Waals surface area (Å²) >= 11 is 0. The quantitative estimate of drug-likeness (QED) is 0.936. The van der Waals surface area contributed by atoms with Gasteiger partial charge in [0.2, 0.25) is 0 Å². The summed E-state index contributed by atoms with van der Waals surface area (Å²) in [5.74, 6) is 1.98. The van der Waals surface area contributed by atoms with Gasteiger partial charge in [0.05, 0.1) is 7.11 Å². The molecule has 1 atom stereocenters. The average Bonchev–Trinajstić information content (AvgIpc) is 3.11. The van der Waals surface area contributed by atoms with Crippen molar-refractivity contribution in [3.05, 3.63) is 36.4 Å². The molecule has 1 saturated heterocycles. The highest BCUT2D eigenvalue weighted by molar-refractivity contribution is 5.89. The summed E-state index contributed by atoms with van der Waals surface area (Å²) in [7, 11) is 1.62. The molecule has 0 bridgehead atoms. The Morgan fingerprint density at radius 3 is 2.88 bits per heavy atom. The Morgan fingerprint density at radius 1 is 1.38 bits per heavy atom. The Labute approximate surface area is 141 Å². The molecule has 2 heterocycles. The predicted molar refractivity (Wildman–Crippen MR) is 91.3 cm³/mol. The lowest BCUT2D eigenvalue weighted by molar-refractivity contribution is 0.190. The number of ether oxygens (including phenoxy) is 1. The Hall–Kier alpha value is -2.57. The van der Waals surface area contributed by atoms with Crippen LogP contribution in [-0.2, 0) is 6.54 Å². The third-order valence-corrected chi connectivity index (χ3v) is 4.40. The summed E-state index contributed by atoms with van der Waals surface area (Å²) < 4.78 is 7.18. The summed E-state index contributed by atoms with van der Waals surface area (Å²) in [5, 5.41) is 11.2. The van der Waals surface area contributed by atoms with Crippen LogP contribution in [0.4, 0.5) is 10.5 Å². The van der Waals surface area contributed by atoms with Gasteiger partial charge in [-0.05, 0) is 44.0 Å². The molecule has 0 spiro atoms. The number of hydrogen-bond donors (Lipinski definition) is 1. The van der Waals surface area contributed by atoms with E-state index in [1.807, 2.05) is 29.2 Å².